The van der Waals surface area contributed by atoms with Crippen molar-refractivity contribution in [2.24, 2.45) is 5.92 Å². The Bertz CT molecular complexity index is 696. The Hall–Kier alpha value is -1.71. The average molecular weight is 375 g/mol. The summed E-state index contributed by atoms with van der Waals surface area (Å²) in [6.07, 6.45) is 0.830. The van der Waals surface area contributed by atoms with E-state index in [1.807, 2.05) is 0 Å². The normalized spacial score (nSPS) is 19.6. The Kier molecular flexibility index (Phi) is 6.74. The van der Waals surface area contributed by atoms with Crippen molar-refractivity contribution in [3.63, 3.8) is 0 Å². The molecule has 2 rings (SSSR count). The van der Waals surface area contributed by atoms with E-state index in [9.17, 15) is 22.7 Å². The van der Waals surface area contributed by atoms with Crippen LogP contribution < -0.4 is 0 Å². The molecule has 1 aromatic rings. The minimum atomic E-state index is -3.56. The second-order valence-corrected chi connectivity index (χ2v) is 7.65. The molecule has 1 fully saturated rings. The van der Waals surface area contributed by atoms with E-state index >= 15 is 0 Å². The number of nitrogens with zero attached hydrogens (tertiary/aromatic N) is 1. The van der Waals surface area contributed by atoms with Crippen LogP contribution in [0.1, 0.15) is 24.5 Å². The molecule has 0 radical (unpaired) electrons. The lowest BCUT2D eigenvalue weighted by atomic mass is 9.88. The van der Waals surface area contributed by atoms with Crippen molar-refractivity contribution in [3.8, 4) is 0 Å². The average Bonchev–Trinajstić information content (AvgIpc) is 2.54. The molecule has 0 aromatic heterocycles. The first-order valence-corrected chi connectivity index (χ1v) is 9.77. The van der Waals surface area contributed by atoms with Crippen molar-refractivity contribution in [1.29, 1.82) is 0 Å². The van der Waals surface area contributed by atoms with E-state index in [0.717, 1.165) is 12.7 Å². The molecule has 9 heteroatoms. The topological polar surface area (TPSA) is 93.1 Å². The molecule has 1 unspecified atom stereocenters. The van der Waals surface area contributed by atoms with Gasteiger partial charge in [0.15, 0.2) is 0 Å². The van der Waals surface area contributed by atoms with Crippen LogP contribution in [0.5, 0.6) is 0 Å². The SMILES string of the molecule is CS(=O)(=O)OCCO[C@@H](c1cccc(F)c1)C1CCCN(C(=O)O)C1. The molecule has 0 bridgehead atoms. The van der Waals surface area contributed by atoms with Crippen LogP contribution in [0.25, 0.3) is 0 Å². The number of rotatable bonds is 7. The summed E-state index contributed by atoms with van der Waals surface area (Å²) in [5.74, 6) is -0.561. The van der Waals surface area contributed by atoms with Gasteiger partial charge in [0.2, 0.25) is 0 Å². The highest BCUT2D eigenvalue weighted by molar-refractivity contribution is 7.85. The maximum absolute atomic E-state index is 13.6. The summed E-state index contributed by atoms with van der Waals surface area (Å²) < 4.78 is 46.0. The van der Waals surface area contributed by atoms with Crippen molar-refractivity contribution in [2.45, 2.75) is 18.9 Å². The predicted molar refractivity (Wildman–Crippen MR) is 88.2 cm³/mol. The third-order valence-corrected chi connectivity index (χ3v) is 4.61. The molecule has 7 nitrogen and oxygen atoms in total. The van der Waals surface area contributed by atoms with Crippen molar-refractivity contribution in [1.82, 2.24) is 4.90 Å². The Morgan fingerprint density at radius 2 is 2.20 bits per heavy atom. The lowest BCUT2D eigenvalue weighted by Crippen LogP contribution is -2.41. The van der Waals surface area contributed by atoms with Gasteiger partial charge in [0.25, 0.3) is 10.1 Å². The van der Waals surface area contributed by atoms with E-state index in [2.05, 4.69) is 4.18 Å². The van der Waals surface area contributed by atoms with Gasteiger partial charge < -0.3 is 14.7 Å². The highest BCUT2D eigenvalue weighted by Crippen LogP contribution is 2.33. The molecule has 25 heavy (non-hydrogen) atoms. The Morgan fingerprint density at radius 3 is 2.84 bits per heavy atom. The van der Waals surface area contributed by atoms with Gasteiger partial charge in [-0.15, -0.1) is 0 Å². The number of hydrogen-bond acceptors (Lipinski definition) is 5. The van der Waals surface area contributed by atoms with Crippen molar-refractivity contribution in [3.05, 3.63) is 35.6 Å². The van der Waals surface area contributed by atoms with Gasteiger partial charge in [-0.3, -0.25) is 4.18 Å². The minimum absolute atomic E-state index is 0.00216. The molecule has 1 N–H and O–H groups in total. The molecule has 1 amide bonds. The summed E-state index contributed by atoms with van der Waals surface area (Å²) in [6, 6.07) is 5.94. The standard InChI is InChI=1S/C16H22FNO6S/c1-25(21,22)24-9-8-23-15(12-4-2-6-14(17)10-12)13-5-3-7-18(11-13)16(19)20/h2,4,6,10,13,15H,3,5,7-9,11H2,1H3,(H,19,20)/t13?,15-/m0/s1. The fourth-order valence-corrected chi connectivity index (χ4v) is 3.35. The second-order valence-electron chi connectivity index (χ2n) is 6.00. The highest BCUT2D eigenvalue weighted by Gasteiger charge is 2.31. The lowest BCUT2D eigenvalue weighted by molar-refractivity contribution is -0.0229. The van der Waals surface area contributed by atoms with Crippen LogP contribution in [0.3, 0.4) is 0 Å². The number of benzene rings is 1. The number of hydrogen-bond donors (Lipinski definition) is 1. The first kappa shape index (κ1) is 19.6. The van der Waals surface area contributed by atoms with E-state index < -0.39 is 28.1 Å². The number of piperidine rings is 1. The number of likely N-dealkylation sites (tertiary alicyclic amines) is 1. The first-order valence-electron chi connectivity index (χ1n) is 7.95. The second kappa shape index (κ2) is 8.59. The van der Waals surface area contributed by atoms with E-state index in [0.29, 0.717) is 18.5 Å². The zero-order valence-corrected chi connectivity index (χ0v) is 14.7. The highest BCUT2D eigenvalue weighted by atomic mass is 32.2. The first-order chi connectivity index (χ1) is 11.8. The van der Waals surface area contributed by atoms with Gasteiger partial charge in [-0.05, 0) is 30.5 Å². The van der Waals surface area contributed by atoms with Crippen molar-refractivity contribution in [2.75, 3.05) is 32.6 Å². The molecule has 2 atom stereocenters. The molecule has 1 aliphatic rings. The molecule has 1 heterocycles. The molecule has 1 saturated heterocycles. The van der Waals surface area contributed by atoms with Gasteiger partial charge in [-0.25, -0.2) is 9.18 Å². The van der Waals surface area contributed by atoms with E-state index in [1.165, 1.54) is 17.0 Å². The monoisotopic (exact) mass is 375 g/mol. The number of ether oxygens (including phenoxy) is 1. The molecule has 0 spiro atoms. The fraction of sp³-hybridized carbons (Fsp3) is 0.562. The van der Waals surface area contributed by atoms with Crippen molar-refractivity contribution >= 4 is 16.2 Å². The zero-order chi connectivity index (χ0) is 18.4. The molecule has 0 aliphatic carbocycles. The minimum Gasteiger partial charge on any atom is -0.465 e. The molecule has 0 saturated carbocycles. The number of carbonyl (C=O) groups is 1. The largest absolute Gasteiger partial charge is 0.465 e. The Balaban J connectivity index is 2.10. The third kappa shape index (κ3) is 6.26. The summed E-state index contributed by atoms with van der Waals surface area (Å²) in [6.45, 7) is 0.584. The fourth-order valence-electron chi connectivity index (χ4n) is 2.98. The smallest absolute Gasteiger partial charge is 0.407 e. The van der Waals surface area contributed by atoms with E-state index in [-0.39, 0.29) is 25.7 Å². The van der Waals surface area contributed by atoms with Crippen LogP contribution in [-0.4, -0.2) is 57.1 Å². The van der Waals surface area contributed by atoms with Crippen LogP contribution in [0, 0.1) is 11.7 Å². The quantitative estimate of drug-likeness (QED) is 0.580. The molecular formula is C16H22FNO6S. The Morgan fingerprint density at radius 1 is 1.44 bits per heavy atom. The summed E-state index contributed by atoms with van der Waals surface area (Å²) in [7, 11) is -3.56. The summed E-state index contributed by atoms with van der Waals surface area (Å²) in [4.78, 5) is 12.5. The van der Waals surface area contributed by atoms with Gasteiger partial charge in [0, 0.05) is 19.0 Å². The van der Waals surface area contributed by atoms with Crippen molar-refractivity contribution < 1.29 is 31.6 Å². The molecular weight excluding hydrogens is 353 g/mol. The van der Waals surface area contributed by atoms with E-state index in [4.69, 9.17) is 4.74 Å². The van der Waals surface area contributed by atoms with Crippen LogP contribution >= 0.6 is 0 Å². The van der Waals surface area contributed by atoms with Crippen LogP contribution in [0.4, 0.5) is 9.18 Å². The summed E-state index contributed by atoms with van der Waals surface area (Å²) in [5.41, 5.74) is 0.594. The van der Waals surface area contributed by atoms with Gasteiger partial charge in [0.05, 0.1) is 25.6 Å². The number of amides is 1. The van der Waals surface area contributed by atoms with Crippen LogP contribution in [0.15, 0.2) is 24.3 Å². The lowest BCUT2D eigenvalue weighted by Gasteiger charge is -2.35. The van der Waals surface area contributed by atoms with Crippen LogP contribution in [0.2, 0.25) is 0 Å². The van der Waals surface area contributed by atoms with Gasteiger partial charge in [-0.1, -0.05) is 12.1 Å². The maximum Gasteiger partial charge on any atom is 0.407 e. The zero-order valence-electron chi connectivity index (χ0n) is 13.9. The maximum atomic E-state index is 13.6. The Labute approximate surface area is 146 Å². The predicted octanol–water partition coefficient (Wildman–Crippen LogP) is 2.25. The molecule has 1 aliphatic heterocycles. The molecule has 1 aromatic carbocycles. The molecule has 140 valence electrons. The summed E-state index contributed by atoms with van der Waals surface area (Å²) in [5, 5.41) is 9.19. The van der Waals surface area contributed by atoms with E-state index in [1.54, 1.807) is 12.1 Å². The number of carboxylic acid groups (broad SMARTS) is 1. The van der Waals surface area contributed by atoms with Gasteiger partial charge in [-0.2, -0.15) is 8.42 Å². The number of halogens is 1. The summed E-state index contributed by atoms with van der Waals surface area (Å²) >= 11 is 0. The van der Waals surface area contributed by atoms with Gasteiger partial charge >= 0.3 is 6.09 Å². The van der Waals surface area contributed by atoms with Gasteiger partial charge in [0.1, 0.15) is 5.82 Å². The third-order valence-electron chi connectivity index (χ3n) is 4.01. The van der Waals surface area contributed by atoms with Crippen LogP contribution in [-0.2, 0) is 19.0 Å².